The van der Waals surface area contributed by atoms with E-state index in [-0.39, 0.29) is 0 Å². The molecule has 0 aliphatic carbocycles. The zero-order valence-electron chi connectivity index (χ0n) is 9.69. The molecule has 3 heteroatoms. The number of pyridine rings is 3. The number of nitrogens with zero attached hydrogens (tertiary/aromatic N) is 3. The second-order valence-corrected chi connectivity index (χ2v) is 3.90. The van der Waals surface area contributed by atoms with Crippen LogP contribution < -0.4 is 0 Å². The van der Waals surface area contributed by atoms with Gasteiger partial charge in [0.2, 0.25) is 0 Å². The van der Waals surface area contributed by atoms with Crippen molar-refractivity contribution < 1.29 is 0 Å². The zero-order valence-corrected chi connectivity index (χ0v) is 9.69. The normalized spacial score (nSPS) is 10.2. The summed E-state index contributed by atoms with van der Waals surface area (Å²) >= 11 is 0. The maximum absolute atomic E-state index is 4.39. The van der Waals surface area contributed by atoms with Gasteiger partial charge in [0.1, 0.15) is 0 Å². The maximum atomic E-state index is 4.39. The Morgan fingerprint density at radius 1 is 0.556 bits per heavy atom. The van der Waals surface area contributed by atoms with E-state index in [2.05, 4.69) is 21.0 Å². The van der Waals surface area contributed by atoms with Crippen molar-refractivity contribution in [2.75, 3.05) is 0 Å². The van der Waals surface area contributed by atoms with Crippen molar-refractivity contribution in [2.45, 2.75) is 0 Å². The van der Waals surface area contributed by atoms with E-state index in [1.165, 1.54) is 0 Å². The first kappa shape index (κ1) is 10.6. The molecule has 0 N–H and O–H groups in total. The van der Waals surface area contributed by atoms with Crippen molar-refractivity contribution in [1.82, 2.24) is 15.0 Å². The van der Waals surface area contributed by atoms with Crippen LogP contribution in [-0.2, 0) is 0 Å². The summed E-state index contributed by atoms with van der Waals surface area (Å²) in [5, 5.41) is 0. The predicted molar refractivity (Wildman–Crippen MR) is 70.7 cm³/mol. The van der Waals surface area contributed by atoms with Gasteiger partial charge in [-0.25, -0.2) is 0 Å². The number of hydrogen-bond acceptors (Lipinski definition) is 3. The smallest absolute Gasteiger partial charge is 0.0709 e. The van der Waals surface area contributed by atoms with Gasteiger partial charge in [0.15, 0.2) is 0 Å². The van der Waals surface area contributed by atoms with Crippen LogP contribution in [0.3, 0.4) is 0 Å². The molecule has 0 amide bonds. The molecule has 0 saturated carbocycles. The van der Waals surface area contributed by atoms with Crippen LogP contribution in [0.1, 0.15) is 0 Å². The Bertz CT molecular complexity index is 581. The van der Waals surface area contributed by atoms with E-state index in [1.807, 2.05) is 36.5 Å². The molecular formula is C15H11N3. The second kappa shape index (κ2) is 4.75. The fourth-order valence-electron chi connectivity index (χ4n) is 1.84. The van der Waals surface area contributed by atoms with Gasteiger partial charge in [0.05, 0.1) is 5.69 Å². The first-order valence-corrected chi connectivity index (χ1v) is 5.70. The molecule has 0 aliphatic rings. The van der Waals surface area contributed by atoms with Crippen molar-refractivity contribution in [1.29, 1.82) is 0 Å². The van der Waals surface area contributed by atoms with E-state index in [9.17, 15) is 0 Å². The Kier molecular flexibility index (Phi) is 2.80. The second-order valence-electron chi connectivity index (χ2n) is 3.90. The van der Waals surface area contributed by atoms with Gasteiger partial charge >= 0.3 is 0 Å². The minimum Gasteiger partial charge on any atom is -0.265 e. The molecule has 18 heavy (non-hydrogen) atoms. The highest BCUT2D eigenvalue weighted by molar-refractivity contribution is 5.69. The average molecular weight is 233 g/mol. The van der Waals surface area contributed by atoms with Crippen molar-refractivity contribution in [3.63, 3.8) is 0 Å². The van der Waals surface area contributed by atoms with Crippen molar-refractivity contribution in [2.24, 2.45) is 0 Å². The largest absolute Gasteiger partial charge is 0.265 e. The van der Waals surface area contributed by atoms with Gasteiger partial charge < -0.3 is 0 Å². The standard InChI is InChI=1S/C15H11N3/c1-6-16-7-2-12(1)14-5-10-18-15(11-14)13-3-8-17-9-4-13/h1-11H. The lowest BCUT2D eigenvalue weighted by molar-refractivity contribution is 1.28. The lowest BCUT2D eigenvalue weighted by Gasteiger charge is -2.04. The summed E-state index contributed by atoms with van der Waals surface area (Å²) < 4.78 is 0. The van der Waals surface area contributed by atoms with Gasteiger partial charge in [-0.05, 0) is 47.5 Å². The third kappa shape index (κ3) is 2.11. The van der Waals surface area contributed by atoms with Crippen molar-refractivity contribution >= 4 is 0 Å². The Labute approximate surface area is 105 Å². The minimum atomic E-state index is 0.951. The molecule has 3 rings (SSSR count). The van der Waals surface area contributed by atoms with Crippen LogP contribution in [0.2, 0.25) is 0 Å². The molecule has 0 aliphatic heterocycles. The highest BCUT2D eigenvalue weighted by Crippen LogP contribution is 2.23. The van der Waals surface area contributed by atoms with Crippen LogP contribution in [-0.4, -0.2) is 15.0 Å². The lowest BCUT2D eigenvalue weighted by Crippen LogP contribution is -1.85. The first-order chi connectivity index (χ1) is 8.93. The number of hydrogen-bond donors (Lipinski definition) is 0. The van der Waals surface area contributed by atoms with Crippen LogP contribution in [0.15, 0.2) is 67.4 Å². The summed E-state index contributed by atoms with van der Waals surface area (Å²) in [6.07, 6.45) is 8.96. The van der Waals surface area contributed by atoms with Gasteiger partial charge in [0, 0.05) is 36.5 Å². The van der Waals surface area contributed by atoms with E-state index < -0.39 is 0 Å². The zero-order chi connectivity index (χ0) is 12.2. The Morgan fingerprint density at radius 2 is 1.11 bits per heavy atom. The summed E-state index contributed by atoms with van der Waals surface area (Å²) in [5.41, 5.74) is 4.30. The monoisotopic (exact) mass is 233 g/mol. The highest BCUT2D eigenvalue weighted by atomic mass is 14.7. The molecule has 3 aromatic rings. The Morgan fingerprint density at radius 3 is 1.78 bits per heavy atom. The van der Waals surface area contributed by atoms with Crippen LogP contribution in [0.5, 0.6) is 0 Å². The SMILES string of the molecule is c1cc(-c2ccnc(-c3ccncc3)c2)ccn1. The summed E-state index contributed by atoms with van der Waals surface area (Å²) in [6.45, 7) is 0. The van der Waals surface area contributed by atoms with Gasteiger partial charge in [-0.2, -0.15) is 0 Å². The van der Waals surface area contributed by atoms with Crippen LogP contribution in [0.4, 0.5) is 0 Å². The molecule has 0 bridgehead atoms. The molecule has 0 radical (unpaired) electrons. The van der Waals surface area contributed by atoms with Crippen LogP contribution in [0, 0.1) is 0 Å². The summed E-state index contributed by atoms with van der Waals surface area (Å²) in [7, 11) is 0. The van der Waals surface area contributed by atoms with Crippen molar-refractivity contribution in [3.8, 4) is 22.4 Å². The summed E-state index contributed by atoms with van der Waals surface area (Å²) in [4.78, 5) is 12.4. The molecule has 0 unspecified atom stereocenters. The molecule has 0 spiro atoms. The lowest BCUT2D eigenvalue weighted by atomic mass is 10.1. The van der Waals surface area contributed by atoms with Gasteiger partial charge in [-0.1, -0.05) is 0 Å². The molecule has 0 aromatic carbocycles. The highest BCUT2D eigenvalue weighted by Gasteiger charge is 2.02. The molecule has 3 nitrogen and oxygen atoms in total. The van der Waals surface area contributed by atoms with E-state index in [4.69, 9.17) is 0 Å². The fraction of sp³-hybridized carbons (Fsp3) is 0. The summed E-state index contributed by atoms with van der Waals surface area (Å²) in [5.74, 6) is 0. The van der Waals surface area contributed by atoms with Crippen LogP contribution in [0.25, 0.3) is 22.4 Å². The Balaban J connectivity index is 2.05. The third-order valence-electron chi connectivity index (χ3n) is 2.75. The van der Waals surface area contributed by atoms with E-state index in [1.54, 1.807) is 24.8 Å². The molecular weight excluding hydrogens is 222 g/mol. The molecule has 3 aromatic heterocycles. The predicted octanol–water partition coefficient (Wildman–Crippen LogP) is 3.21. The summed E-state index contributed by atoms with van der Waals surface area (Å²) in [6, 6.07) is 12.0. The van der Waals surface area contributed by atoms with Crippen LogP contribution >= 0.6 is 0 Å². The molecule has 0 fully saturated rings. The Hall–Kier alpha value is -2.55. The topological polar surface area (TPSA) is 38.7 Å². The molecule has 0 atom stereocenters. The van der Waals surface area contributed by atoms with Gasteiger partial charge in [0.25, 0.3) is 0 Å². The quantitative estimate of drug-likeness (QED) is 0.682. The number of rotatable bonds is 2. The third-order valence-corrected chi connectivity index (χ3v) is 2.75. The van der Waals surface area contributed by atoms with E-state index in [0.717, 1.165) is 22.4 Å². The minimum absolute atomic E-state index is 0.951. The van der Waals surface area contributed by atoms with Gasteiger partial charge in [-0.15, -0.1) is 0 Å². The first-order valence-electron chi connectivity index (χ1n) is 5.70. The van der Waals surface area contributed by atoms with Crippen molar-refractivity contribution in [3.05, 3.63) is 67.4 Å². The molecule has 3 heterocycles. The average Bonchev–Trinajstić information content (AvgIpc) is 2.49. The van der Waals surface area contributed by atoms with E-state index >= 15 is 0 Å². The van der Waals surface area contributed by atoms with Gasteiger partial charge in [-0.3, -0.25) is 15.0 Å². The fourth-order valence-corrected chi connectivity index (χ4v) is 1.84. The molecule has 86 valence electrons. The van der Waals surface area contributed by atoms with E-state index in [0.29, 0.717) is 0 Å². The molecule has 0 saturated heterocycles. The maximum Gasteiger partial charge on any atom is 0.0709 e. The number of aromatic nitrogens is 3.